The Morgan fingerprint density at radius 3 is 2.64 bits per heavy atom. The van der Waals surface area contributed by atoms with E-state index in [-0.39, 0.29) is 12.7 Å². The molecule has 3 saturated carbocycles. The molecule has 22 heavy (non-hydrogen) atoms. The third kappa shape index (κ3) is 2.65. The van der Waals surface area contributed by atoms with Gasteiger partial charge in [0.15, 0.2) is 0 Å². The van der Waals surface area contributed by atoms with Gasteiger partial charge in [0.25, 0.3) is 0 Å². The largest absolute Gasteiger partial charge is 0.394 e. The van der Waals surface area contributed by atoms with Gasteiger partial charge >= 0.3 is 0 Å². The molecule has 0 saturated heterocycles. The Bertz CT molecular complexity index is 405. The molecule has 0 heterocycles. The van der Waals surface area contributed by atoms with E-state index in [0.29, 0.717) is 22.3 Å². The summed E-state index contributed by atoms with van der Waals surface area (Å²) in [4.78, 5) is 0. The van der Waals surface area contributed by atoms with Crippen molar-refractivity contribution in [2.45, 2.75) is 97.7 Å². The van der Waals surface area contributed by atoms with Crippen molar-refractivity contribution in [3.63, 3.8) is 0 Å². The van der Waals surface area contributed by atoms with Crippen LogP contribution in [-0.2, 0) is 4.74 Å². The smallest absolute Gasteiger partial charge is 0.0809 e. The van der Waals surface area contributed by atoms with E-state index in [2.05, 4.69) is 27.7 Å². The average Bonchev–Trinajstić information content (AvgIpc) is 2.63. The maximum atomic E-state index is 9.69. The molecule has 1 spiro atoms. The Hall–Kier alpha value is -0.0800. The molecule has 0 aromatic rings. The molecule has 0 aromatic carbocycles. The molecule has 0 aliphatic heterocycles. The van der Waals surface area contributed by atoms with E-state index in [1.165, 1.54) is 44.9 Å². The molecule has 1 N–H and O–H groups in total. The van der Waals surface area contributed by atoms with Crippen LogP contribution in [0, 0.1) is 22.2 Å². The minimum absolute atomic E-state index is 0.0500. The Kier molecular flexibility index (Phi) is 4.40. The maximum absolute atomic E-state index is 9.69. The van der Waals surface area contributed by atoms with Crippen LogP contribution >= 0.6 is 0 Å². The highest BCUT2D eigenvalue weighted by Crippen LogP contribution is 2.69. The Morgan fingerprint density at radius 1 is 1.18 bits per heavy atom. The molecule has 5 atom stereocenters. The van der Waals surface area contributed by atoms with Crippen molar-refractivity contribution in [1.82, 2.24) is 0 Å². The van der Waals surface area contributed by atoms with Crippen LogP contribution in [0.25, 0.3) is 0 Å². The van der Waals surface area contributed by atoms with Gasteiger partial charge in [-0.1, -0.05) is 40.5 Å². The SMILES string of the molecule is CCC[C@@H](CO)OC1CC(C)(C)C2CCC3(C)CCCC12C3. The Morgan fingerprint density at radius 2 is 1.95 bits per heavy atom. The second-order valence-corrected chi connectivity index (χ2v) is 9.58. The van der Waals surface area contributed by atoms with Gasteiger partial charge in [0, 0.05) is 5.41 Å². The Balaban J connectivity index is 1.86. The van der Waals surface area contributed by atoms with E-state index in [1.807, 2.05) is 0 Å². The van der Waals surface area contributed by atoms with Crippen LogP contribution in [0.4, 0.5) is 0 Å². The van der Waals surface area contributed by atoms with Crippen LogP contribution < -0.4 is 0 Å². The van der Waals surface area contributed by atoms with Crippen LogP contribution in [0.3, 0.4) is 0 Å². The number of rotatable bonds is 5. The van der Waals surface area contributed by atoms with Gasteiger partial charge in [-0.2, -0.15) is 0 Å². The lowest BCUT2D eigenvalue weighted by Crippen LogP contribution is -2.50. The molecule has 0 aromatic heterocycles. The average molecular weight is 309 g/mol. The molecule has 4 unspecified atom stereocenters. The van der Waals surface area contributed by atoms with Gasteiger partial charge in [-0.25, -0.2) is 0 Å². The van der Waals surface area contributed by atoms with Gasteiger partial charge in [0.05, 0.1) is 18.8 Å². The summed E-state index contributed by atoms with van der Waals surface area (Å²) in [7, 11) is 0. The molecule has 3 aliphatic carbocycles. The lowest BCUT2D eigenvalue weighted by Gasteiger charge is -2.56. The van der Waals surface area contributed by atoms with Crippen molar-refractivity contribution in [2.75, 3.05) is 6.61 Å². The number of aliphatic hydroxyl groups is 1. The molecule has 0 radical (unpaired) electrons. The van der Waals surface area contributed by atoms with Crippen molar-refractivity contribution in [1.29, 1.82) is 0 Å². The summed E-state index contributed by atoms with van der Waals surface area (Å²) in [6.45, 7) is 9.82. The Labute approximate surface area is 137 Å². The van der Waals surface area contributed by atoms with Crippen LogP contribution in [0.15, 0.2) is 0 Å². The lowest BCUT2D eigenvalue weighted by molar-refractivity contribution is -0.143. The van der Waals surface area contributed by atoms with Crippen LogP contribution in [-0.4, -0.2) is 23.9 Å². The van der Waals surface area contributed by atoms with E-state index in [0.717, 1.165) is 18.8 Å². The summed E-state index contributed by atoms with van der Waals surface area (Å²) in [6, 6.07) is 0. The van der Waals surface area contributed by atoms with Gasteiger partial charge in [0.2, 0.25) is 0 Å². The predicted octanol–water partition coefficient (Wildman–Crippen LogP) is 4.94. The molecule has 0 amide bonds. The molecular formula is C20H36O2. The fraction of sp³-hybridized carbons (Fsp3) is 1.00. The first-order valence-electron chi connectivity index (χ1n) is 9.62. The van der Waals surface area contributed by atoms with Gasteiger partial charge in [-0.05, 0) is 61.7 Å². The molecule has 2 nitrogen and oxygen atoms in total. The fourth-order valence-electron chi connectivity index (χ4n) is 6.54. The molecule has 2 heteroatoms. The maximum Gasteiger partial charge on any atom is 0.0809 e. The molecule has 3 aliphatic rings. The minimum atomic E-state index is 0.0500. The number of fused-ring (bicyclic) bond motifs is 1. The van der Waals surface area contributed by atoms with Crippen molar-refractivity contribution >= 4 is 0 Å². The molecular weight excluding hydrogens is 272 g/mol. The van der Waals surface area contributed by atoms with E-state index >= 15 is 0 Å². The first-order chi connectivity index (χ1) is 10.4. The van der Waals surface area contributed by atoms with Gasteiger partial charge in [0.1, 0.15) is 0 Å². The summed E-state index contributed by atoms with van der Waals surface area (Å²) in [5, 5.41) is 9.69. The second kappa shape index (κ2) is 5.77. The topological polar surface area (TPSA) is 29.5 Å². The first kappa shape index (κ1) is 16.8. The second-order valence-electron chi connectivity index (χ2n) is 9.58. The van der Waals surface area contributed by atoms with E-state index in [4.69, 9.17) is 4.74 Å². The summed E-state index contributed by atoms with van der Waals surface area (Å²) in [6.07, 6.45) is 12.0. The summed E-state index contributed by atoms with van der Waals surface area (Å²) in [5.74, 6) is 0.819. The van der Waals surface area contributed by atoms with Crippen molar-refractivity contribution in [3.8, 4) is 0 Å². The third-order valence-electron chi connectivity index (χ3n) is 7.38. The number of hydrogen-bond donors (Lipinski definition) is 1. The normalized spacial score (nSPS) is 44.6. The van der Waals surface area contributed by atoms with Gasteiger partial charge in [-0.15, -0.1) is 0 Å². The highest BCUT2D eigenvalue weighted by molar-refractivity contribution is 5.13. The summed E-state index contributed by atoms with van der Waals surface area (Å²) in [5.41, 5.74) is 1.35. The van der Waals surface area contributed by atoms with Crippen molar-refractivity contribution in [2.24, 2.45) is 22.2 Å². The zero-order valence-electron chi connectivity index (χ0n) is 15.2. The predicted molar refractivity (Wildman–Crippen MR) is 90.8 cm³/mol. The van der Waals surface area contributed by atoms with Crippen LogP contribution in [0.5, 0.6) is 0 Å². The highest BCUT2D eigenvalue weighted by atomic mass is 16.5. The standard InChI is InChI=1S/C20H36O2/c1-5-7-15(13-21)22-17-12-18(2,3)16-8-11-19(4)9-6-10-20(16,17)14-19/h15-17,21H,5-14H2,1-4H3/t15-,16?,17?,19?,20?/m0/s1. The fourth-order valence-corrected chi connectivity index (χ4v) is 6.54. The van der Waals surface area contributed by atoms with E-state index in [9.17, 15) is 5.11 Å². The minimum Gasteiger partial charge on any atom is -0.394 e. The third-order valence-corrected chi connectivity index (χ3v) is 7.38. The summed E-state index contributed by atoms with van der Waals surface area (Å²) >= 11 is 0. The monoisotopic (exact) mass is 308 g/mol. The van der Waals surface area contributed by atoms with E-state index < -0.39 is 0 Å². The first-order valence-corrected chi connectivity index (χ1v) is 9.62. The molecule has 3 rings (SSSR count). The quantitative estimate of drug-likeness (QED) is 0.779. The summed E-state index contributed by atoms with van der Waals surface area (Å²) < 4.78 is 6.58. The lowest BCUT2D eigenvalue weighted by atomic mass is 9.50. The van der Waals surface area contributed by atoms with E-state index in [1.54, 1.807) is 0 Å². The van der Waals surface area contributed by atoms with Gasteiger partial charge in [-0.3, -0.25) is 0 Å². The number of hydrogen-bond acceptors (Lipinski definition) is 2. The van der Waals surface area contributed by atoms with Crippen molar-refractivity contribution in [3.05, 3.63) is 0 Å². The zero-order valence-corrected chi connectivity index (χ0v) is 15.2. The number of aliphatic hydroxyl groups excluding tert-OH is 1. The highest BCUT2D eigenvalue weighted by Gasteiger charge is 2.63. The molecule has 2 bridgehead atoms. The zero-order chi connectivity index (χ0) is 16.0. The van der Waals surface area contributed by atoms with Crippen LogP contribution in [0.1, 0.15) is 85.5 Å². The van der Waals surface area contributed by atoms with Gasteiger partial charge < -0.3 is 9.84 Å². The number of ether oxygens (including phenoxy) is 1. The van der Waals surface area contributed by atoms with Crippen LogP contribution in [0.2, 0.25) is 0 Å². The van der Waals surface area contributed by atoms with Crippen molar-refractivity contribution < 1.29 is 9.84 Å². The molecule has 3 fully saturated rings. The molecule has 128 valence electrons.